The summed E-state index contributed by atoms with van der Waals surface area (Å²) in [5, 5.41) is 11.0. The molecule has 0 aliphatic rings. The SMILES string of the molecule is CCCCC/C=C\C/C=C\CCCCCCCCCCCC(=O)OC(CCCCC)CCCCCC(=O)NCC(=O)O. The van der Waals surface area contributed by atoms with Gasteiger partial charge in [-0.3, -0.25) is 14.4 Å². The number of carbonyl (C=O) groups excluding carboxylic acids is 2. The zero-order valence-electron chi connectivity index (χ0n) is 27.4. The molecule has 0 aliphatic carbocycles. The number of nitrogens with one attached hydrogen (secondary N) is 1. The molecule has 1 unspecified atom stereocenters. The minimum absolute atomic E-state index is 0.0301. The molecule has 0 aromatic carbocycles. The van der Waals surface area contributed by atoms with E-state index in [2.05, 4.69) is 43.5 Å². The van der Waals surface area contributed by atoms with Crippen LogP contribution in [0.3, 0.4) is 0 Å². The van der Waals surface area contributed by atoms with Gasteiger partial charge >= 0.3 is 11.9 Å². The van der Waals surface area contributed by atoms with Gasteiger partial charge < -0.3 is 15.2 Å². The van der Waals surface area contributed by atoms with Gasteiger partial charge in [0.1, 0.15) is 12.6 Å². The highest BCUT2D eigenvalue weighted by Gasteiger charge is 2.14. The highest BCUT2D eigenvalue weighted by atomic mass is 16.5. The summed E-state index contributed by atoms with van der Waals surface area (Å²) in [5.41, 5.74) is 0. The fraction of sp³-hybridized carbons (Fsp3) is 0.806. The Labute approximate surface area is 258 Å². The van der Waals surface area contributed by atoms with E-state index in [9.17, 15) is 14.4 Å². The number of hydrogen-bond acceptors (Lipinski definition) is 4. The van der Waals surface area contributed by atoms with Gasteiger partial charge in [-0.15, -0.1) is 0 Å². The summed E-state index contributed by atoms with van der Waals surface area (Å²) in [5.74, 6) is -1.32. The van der Waals surface area contributed by atoms with Crippen LogP contribution in [0.15, 0.2) is 24.3 Å². The highest BCUT2D eigenvalue weighted by molar-refractivity contribution is 5.80. The molecule has 0 aliphatic heterocycles. The standard InChI is InChI=1S/C36H65NO5/c1-3-5-7-8-9-10-11-12-13-14-15-16-17-18-19-20-21-22-27-31-36(41)42-33(28-24-6-4-2)29-25-23-26-30-34(38)37-32-35(39)40/h9-10,12-13,33H,3-8,11,14-32H2,1-2H3,(H,37,38)(H,39,40)/b10-9-,13-12-. The number of carbonyl (C=O) groups is 3. The van der Waals surface area contributed by atoms with Crippen LogP contribution in [0.25, 0.3) is 0 Å². The Morgan fingerprint density at radius 2 is 1.10 bits per heavy atom. The summed E-state index contributed by atoms with van der Waals surface area (Å²) in [4.78, 5) is 34.6. The molecule has 0 aromatic rings. The smallest absolute Gasteiger partial charge is 0.322 e. The first-order valence-corrected chi connectivity index (χ1v) is 17.5. The lowest BCUT2D eigenvalue weighted by Crippen LogP contribution is -2.28. The summed E-state index contributed by atoms with van der Waals surface area (Å²) >= 11 is 0. The fourth-order valence-electron chi connectivity index (χ4n) is 5.01. The Hall–Kier alpha value is -2.11. The van der Waals surface area contributed by atoms with Crippen molar-refractivity contribution in [1.29, 1.82) is 0 Å². The minimum atomic E-state index is -1.03. The third-order valence-electron chi connectivity index (χ3n) is 7.63. The van der Waals surface area contributed by atoms with Crippen LogP contribution in [-0.2, 0) is 19.1 Å². The van der Waals surface area contributed by atoms with E-state index >= 15 is 0 Å². The van der Waals surface area contributed by atoms with Crippen molar-refractivity contribution in [3.05, 3.63) is 24.3 Å². The third-order valence-corrected chi connectivity index (χ3v) is 7.63. The van der Waals surface area contributed by atoms with Gasteiger partial charge in [-0.25, -0.2) is 0 Å². The number of carboxylic acid groups (broad SMARTS) is 1. The lowest BCUT2D eigenvalue weighted by molar-refractivity contribution is -0.150. The van der Waals surface area contributed by atoms with Gasteiger partial charge in [-0.05, 0) is 70.6 Å². The normalized spacial score (nSPS) is 12.2. The van der Waals surface area contributed by atoms with Crippen molar-refractivity contribution in [1.82, 2.24) is 5.32 Å². The molecule has 0 heterocycles. The monoisotopic (exact) mass is 591 g/mol. The Balaban J connectivity index is 3.76. The number of allylic oxidation sites excluding steroid dienone is 4. The number of rotatable bonds is 31. The van der Waals surface area contributed by atoms with Gasteiger partial charge in [0.15, 0.2) is 0 Å². The molecule has 0 fully saturated rings. The zero-order valence-corrected chi connectivity index (χ0v) is 27.4. The third kappa shape index (κ3) is 30.8. The second-order valence-electron chi connectivity index (χ2n) is 11.8. The Morgan fingerprint density at radius 1 is 0.619 bits per heavy atom. The van der Waals surface area contributed by atoms with Crippen LogP contribution >= 0.6 is 0 Å². The van der Waals surface area contributed by atoms with E-state index in [0.717, 1.165) is 70.6 Å². The predicted octanol–water partition coefficient (Wildman–Crippen LogP) is 10.0. The molecule has 0 saturated heterocycles. The molecule has 0 aromatic heterocycles. The minimum Gasteiger partial charge on any atom is -0.480 e. The summed E-state index contributed by atoms with van der Waals surface area (Å²) in [6, 6.07) is 0. The molecular formula is C36H65NO5. The first-order valence-electron chi connectivity index (χ1n) is 17.5. The molecule has 1 amide bonds. The molecule has 0 rings (SSSR count). The quantitative estimate of drug-likeness (QED) is 0.0475. The first-order chi connectivity index (χ1) is 20.5. The number of amides is 1. The van der Waals surface area contributed by atoms with Crippen LogP contribution in [0.1, 0.15) is 174 Å². The Kier molecular flexibility index (Phi) is 30.2. The number of esters is 1. The lowest BCUT2D eigenvalue weighted by atomic mass is 10.0. The van der Waals surface area contributed by atoms with Crippen molar-refractivity contribution in [3.63, 3.8) is 0 Å². The summed E-state index contributed by atoms with van der Waals surface area (Å²) < 4.78 is 5.84. The van der Waals surface area contributed by atoms with Gasteiger partial charge in [0.05, 0.1) is 0 Å². The molecular weight excluding hydrogens is 526 g/mol. The molecule has 0 radical (unpaired) electrons. The topological polar surface area (TPSA) is 92.7 Å². The second-order valence-corrected chi connectivity index (χ2v) is 11.8. The van der Waals surface area contributed by atoms with Crippen LogP contribution in [0.2, 0.25) is 0 Å². The number of carboxylic acids is 1. The van der Waals surface area contributed by atoms with Crippen molar-refractivity contribution in [2.45, 2.75) is 180 Å². The van der Waals surface area contributed by atoms with Crippen LogP contribution in [0, 0.1) is 0 Å². The lowest BCUT2D eigenvalue weighted by Gasteiger charge is -2.18. The number of unbranched alkanes of at least 4 members (excludes halogenated alkanes) is 16. The molecule has 6 heteroatoms. The van der Waals surface area contributed by atoms with Gasteiger partial charge in [0, 0.05) is 12.8 Å². The average Bonchev–Trinajstić information content (AvgIpc) is 2.97. The maximum atomic E-state index is 12.4. The molecule has 1 atom stereocenters. The highest BCUT2D eigenvalue weighted by Crippen LogP contribution is 2.17. The molecule has 244 valence electrons. The molecule has 0 bridgehead atoms. The number of ether oxygens (including phenoxy) is 1. The van der Waals surface area contributed by atoms with E-state index in [-0.39, 0.29) is 24.5 Å². The maximum Gasteiger partial charge on any atom is 0.322 e. The summed E-state index contributed by atoms with van der Waals surface area (Å²) in [6.45, 7) is 4.09. The van der Waals surface area contributed by atoms with Crippen molar-refractivity contribution in [3.8, 4) is 0 Å². The van der Waals surface area contributed by atoms with Crippen molar-refractivity contribution < 1.29 is 24.2 Å². The molecule has 0 saturated carbocycles. The zero-order chi connectivity index (χ0) is 30.9. The van der Waals surface area contributed by atoms with Crippen LogP contribution in [-0.4, -0.2) is 35.6 Å². The predicted molar refractivity (Wildman–Crippen MR) is 176 cm³/mol. The fourth-order valence-corrected chi connectivity index (χ4v) is 5.01. The van der Waals surface area contributed by atoms with Gasteiger partial charge in [0.25, 0.3) is 0 Å². The Morgan fingerprint density at radius 3 is 1.69 bits per heavy atom. The molecule has 0 spiro atoms. The molecule has 6 nitrogen and oxygen atoms in total. The Bertz CT molecular complexity index is 703. The van der Waals surface area contributed by atoms with Crippen LogP contribution in [0.5, 0.6) is 0 Å². The van der Waals surface area contributed by atoms with Crippen LogP contribution in [0.4, 0.5) is 0 Å². The van der Waals surface area contributed by atoms with Crippen molar-refractivity contribution in [2.24, 2.45) is 0 Å². The van der Waals surface area contributed by atoms with E-state index in [1.807, 2.05) is 0 Å². The van der Waals surface area contributed by atoms with Gasteiger partial charge in [-0.1, -0.05) is 115 Å². The van der Waals surface area contributed by atoms with E-state index < -0.39 is 5.97 Å². The number of aliphatic carboxylic acids is 1. The van der Waals surface area contributed by atoms with Gasteiger partial charge in [0.2, 0.25) is 5.91 Å². The summed E-state index contributed by atoms with van der Waals surface area (Å²) in [7, 11) is 0. The molecule has 2 N–H and O–H groups in total. The van der Waals surface area contributed by atoms with Gasteiger partial charge in [-0.2, -0.15) is 0 Å². The second kappa shape index (κ2) is 31.8. The van der Waals surface area contributed by atoms with Crippen LogP contribution < -0.4 is 5.32 Å². The van der Waals surface area contributed by atoms with E-state index in [4.69, 9.17) is 9.84 Å². The van der Waals surface area contributed by atoms with E-state index in [1.54, 1.807) is 0 Å². The maximum absolute atomic E-state index is 12.4. The van der Waals surface area contributed by atoms with Crippen molar-refractivity contribution in [2.75, 3.05) is 6.54 Å². The molecule has 42 heavy (non-hydrogen) atoms. The number of hydrogen-bond donors (Lipinski definition) is 2. The summed E-state index contributed by atoms with van der Waals surface area (Å²) in [6.07, 6.45) is 36.1. The first kappa shape index (κ1) is 39.9. The van der Waals surface area contributed by atoms with E-state index in [0.29, 0.717) is 12.8 Å². The largest absolute Gasteiger partial charge is 0.480 e. The van der Waals surface area contributed by atoms with Crippen molar-refractivity contribution >= 4 is 17.8 Å². The average molecular weight is 592 g/mol. The van der Waals surface area contributed by atoms with E-state index in [1.165, 1.54) is 77.0 Å².